The molecule has 0 bridgehead atoms. The van der Waals surface area contributed by atoms with Gasteiger partial charge in [-0.2, -0.15) is 0 Å². The molecule has 3 unspecified atom stereocenters. The molecule has 1 rings (SSSR count). The van der Waals surface area contributed by atoms with Gasteiger partial charge < -0.3 is 31.2 Å². The van der Waals surface area contributed by atoms with Crippen LogP contribution in [0.3, 0.4) is 0 Å². The van der Waals surface area contributed by atoms with E-state index in [1.165, 1.54) is 7.11 Å². The molecular formula is C7H16N2O4. The predicted octanol–water partition coefficient (Wildman–Crippen LogP) is -2.63. The zero-order valence-corrected chi connectivity index (χ0v) is 7.46. The number of aliphatic hydroxyl groups is 2. The molecule has 6 N–H and O–H groups in total. The van der Waals surface area contributed by atoms with E-state index in [1.807, 2.05) is 0 Å². The van der Waals surface area contributed by atoms with Crippen LogP contribution >= 0.6 is 0 Å². The van der Waals surface area contributed by atoms with Crippen molar-refractivity contribution in [3.63, 3.8) is 0 Å². The summed E-state index contributed by atoms with van der Waals surface area (Å²) in [4.78, 5) is 0. The number of rotatable bonds is 2. The molecule has 0 aromatic rings. The minimum Gasteiger partial charge on any atom is -0.389 e. The summed E-state index contributed by atoms with van der Waals surface area (Å²) in [5.41, 5.74) is 10.9. The van der Waals surface area contributed by atoms with E-state index >= 15 is 0 Å². The van der Waals surface area contributed by atoms with Crippen LogP contribution in [-0.4, -0.2) is 54.5 Å². The van der Waals surface area contributed by atoms with E-state index in [9.17, 15) is 10.2 Å². The fraction of sp³-hybridized carbons (Fsp3) is 1.00. The van der Waals surface area contributed by atoms with E-state index < -0.39 is 30.6 Å². The molecule has 0 aromatic carbocycles. The molecule has 13 heavy (non-hydrogen) atoms. The Bertz CT molecular complexity index is 149. The molecule has 78 valence electrons. The van der Waals surface area contributed by atoms with Gasteiger partial charge in [0.25, 0.3) is 0 Å². The largest absolute Gasteiger partial charge is 0.389 e. The Hall–Kier alpha value is -0.240. The fourth-order valence-electron chi connectivity index (χ4n) is 1.35. The quantitative estimate of drug-likeness (QED) is 0.381. The van der Waals surface area contributed by atoms with Crippen LogP contribution in [0.25, 0.3) is 0 Å². The molecule has 1 aliphatic rings. The average molecular weight is 192 g/mol. The van der Waals surface area contributed by atoms with Crippen LogP contribution in [0.15, 0.2) is 0 Å². The molecule has 0 radical (unpaired) electrons. The molecule has 1 saturated heterocycles. The van der Waals surface area contributed by atoms with Crippen LogP contribution in [0.4, 0.5) is 0 Å². The van der Waals surface area contributed by atoms with E-state index in [0.717, 1.165) is 0 Å². The van der Waals surface area contributed by atoms with Gasteiger partial charge in [-0.1, -0.05) is 0 Å². The third-order valence-electron chi connectivity index (χ3n) is 2.22. The lowest BCUT2D eigenvalue weighted by Gasteiger charge is -2.40. The predicted molar refractivity (Wildman–Crippen MR) is 44.7 cm³/mol. The van der Waals surface area contributed by atoms with Crippen molar-refractivity contribution in [2.24, 2.45) is 11.5 Å². The topological polar surface area (TPSA) is 111 Å². The van der Waals surface area contributed by atoms with Crippen molar-refractivity contribution in [1.29, 1.82) is 0 Å². The molecule has 6 nitrogen and oxygen atoms in total. The monoisotopic (exact) mass is 192 g/mol. The SMILES string of the molecule is COC1OC(CN)C(O)[C@@H](N)[C@@H]1O. The second-order valence-electron chi connectivity index (χ2n) is 3.07. The number of methoxy groups -OCH3 is 1. The van der Waals surface area contributed by atoms with Crippen LogP contribution < -0.4 is 11.5 Å². The molecule has 0 spiro atoms. The van der Waals surface area contributed by atoms with E-state index in [2.05, 4.69) is 0 Å². The van der Waals surface area contributed by atoms with Gasteiger partial charge in [0.05, 0.1) is 12.1 Å². The minimum atomic E-state index is -1.03. The highest BCUT2D eigenvalue weighted by Gasteiger charge is 2.41. The second-order valence-corrected chi connectivity index (χ2v) is 3.07. The van der Waals surface area contributed by atoms with Crippen LogP contribution in [0.5, 0.6) is 0 Å². The number of hydrogen-bond acceptors (Lipinski definition) is 6. The smallest absolute Gasteiger partial charge is 0.185 e. The van der Waals surface area contributed by atoms with Crippen LogP contribution in [-0.2, 0) is 9.47 Å². The van der Waals surface area contributed by atoms with Crippen molar-refractivity contribution in [2.75, 3.05) is 13.7 Å². The fourth-order valence-corrected chi connectivity index (χ4v) is 1.35. The first kappa shape index (κ1) is 10.8. The van der Waals surface area contributed by atoms with Crippen molar-refractivity contribution in [1.82, 2.24) is 0 Å². The molecule has 5 atom stereocenters. The van der Waals surface area contributed by atoms with Gasteiger partial charge in [-0.15, -0.1) is 0 Å². The summed E-state index contributed by atoms with van der Waals surface area (Å²) in [7, 11) is 1.39. The first-order valence-corrected chi connectivity index (χ1v) is 4.11. The zero-order valence-electron chi connectivity index (χ0n) is 7.46. The Morgan fingerprint density at radius 2 is 2.00 bits per heavy atom. The molecule has 1 aliphatic heterocycles. The summed E-state index contributed by atoms with van der Waals surface area (Å²) < 4.78 is 9.99. The Kier molecular flexibility index (Phi) is 3.60. The maximum atomic E-state index is 9.48. The van der Waals surface area contributed by atoms with Crippen molar-refractivity contribution in [3.8, 4) is 0 Å². The lowest BCUT2D eigenvalue weighted by Crippen LogP contribution is -2.63. The average Bonchev–Trinajstić information content (AvgIpc) is 2.15. The highest BCUT2D eigenvalue weighted by Crippen LogP contribution is 2.19. The Morgan fingerprint density at radius 3 is 2.46 bits per heavy atom. The molecule has 0 amide bonds. The van der Waals surface area contributed by atoms with Crippen molar-refractivity contribution >= 4 is 0 Å². The minimum absolute atomic E-state index is 0.140. The molecule has 1 fully saturated rings. The highest BCUT2D eigenvalue weighted by molar-refractivity contribution is 4.92. The zero-order chi connectivity index (χ0) is 10.0. The van der Waals surface area contributed by atoms with Gasteiger partial charge in [0.2, 0.25) is 0 Å². The third-order valence-corrected chi connectivity index (χ3v) is 2.22. The lowest BCUT2D eigenvalue weighted by molar-refractivity contribution is -0.259. The normalized spacial score (nSPS) is 46.4. The maximum Gasteiger partial charge on any atom is 0.185 e. The summed E-state index contributed by atoms with van der Waals surface area (Å²) in [5.74, 6) is 0. The van der Waals surface area contributed by atoms with Gasteiger partial charge in [-0.05, 0) is 0 Å². The van der Waals surface area contributed by atoms with E-state index in [-0.39, 0.29) is 6.54 Å². The first-order chi connectivity index (χ1) is 6.11. The highest BCUT2D eigenvalue weighted by atomic mass is 16.7. The molecule has 0 aromatic heterocycles. The number of ether oxygens (including phenoxy) is 2. The second kappa shape index (κ2) is 4.32. The standard InChI is InChI=1S/C7H16N2O4/c1-12-7-6(11)4(9)5(10)3(2-8)13-7/h3-7,10-11H,2,8-9H2,1H3/t3?,4-,5?,6+,7?/m1/s1. The van der Waals surface area contributed by atoms with Crippen molar-refractivity contribution in [3.05, 3.63) is 0 Å². The van der Waals surface area contributed by atoms with Gasteiger partial charge >= 0.3 is 0 Å². The van der Waals surface area contributed by atoms with Gasteiger partial charge in [0.1, 0.15) is 12.2 Å². The van der Waals surface area contributed by atoms with Gasteiger partial charge in [-0.3, -0.25) is 0 Å². The summed E-state index contributed by atoms with van der Waals surface area (Å²) in [6.07, 6.45) is -3.37. The van der Waals surface area contributed by atoms with Crippen molar-refractivity contribution in [2.45, 2.75) is 30.6 Å². The maximum absolute atomic E-state index is 9.48. The Morgan fingerprint density at radius 1 is 1.38 bits per heavy atom. The van der Waals surface area contributed by atoms with E-state index in [0.29, 0.717) is 0 Å². The summed E-state index contributed by atoms with van der Waals surface area (Å²) in [5, 5.41) is 18.9. The van der Waals surface area contributed by atoms with Crippen LogP contribution in [0.2, 0.25) is 0 Å². The van der Waals surface area contributed by atoms with Gasteiger partial charge in [0.15, 0.2) is 6.29 Å². The lowest BCUT2D eigenvalue weighted by atomic mass is 9.97. The van der Waals surface area contributed by atoms with E-state index in [4.69, 9.17) is 20.9 Å². The van der Waals surface area contributed by atoms with Gasteiger partial charge in [0, 0.05) is 13.7 Å². The third kappa shape index (κ3) is 1.98. The molecule has 0 saturated carbocycles. The number of aliphatic hydroxyl groups excluding tert-OH is 2. The van der Waals surface area contributed by atoms with Crippen molar-refractivity contribution < 1.29 is 19.7 Å². The Labute approximate surface area is 76.4 Å². The summed E-state index contributed by atoms with van der Waals surface area (Å²) in [6, 6.07) is -0.785. The van der Waals surface area contributed by atoms with E-state index in [1.54, 1.807) is 0 Å². The summed E-state index contributed by atoms with van der Waals surface area (Å²) in [6.45, 7) is 0.140. The molecule has 0 aliphatic carbocycles. The van der Waals surface area contributed by atoms with Crippen LogP contribution in [0.1, 0.15) is 0 Å². The summed E-state index contributed by atoms with van der Waals surface area (Å²) >= 11 is 0. The molecule has 1 heterocycles. The van der Waals surface area contributed by atoms with Crippen LogP contribution in [0, 0.1) is 0 Å². The number of hydrogen-bond donors (Lipinski definition) is 4. The molecular weight excluding hydrogens is 176 g/mol. The number of nitrogens with two attached hydrogens (primary N) is 2. The molecule has 6 heteroatoms. The Balaban J connectivity index is 2.66. The first-order valence-electron chi connectivity index (χ1n) is 4.11. The van der Waals surface area contributed by atoms with Gasteiger partial charge in [-0.25, -0.2) is 0 Å².